The van der Waals surface area contributed by atoms with Crippen molar-refractivity contribution < 1.29 is 19.5 Å². The number of amides is 2. The van der Waals surface area contributed by atoms with E-state index in [0.717, 1.165) is 16.2 Å². The molecule has 4 rings (SSSR count). The molecule has 0 bridgehead atoms. The lowest BCUT2D eigenvalue weighted by Gasteiger charge is -2.49. The first-order valence-corrected chi connectivity index (χ1v) is 15.0. The molecule has 1 fully saturated rings. The third-order valence-electron chi connectivity index (χ3n) is 5.25. The third kappa shape index (κ3) is 6.30. The summed E-state index contributed by atoms with van der Waals surface area (Å²) < 4.78 is 0.0291. The van der Waals surface area contributed by atoms with Gasteiger partial charge >= 0.3 is 5.97 Å². The number of carboxylic acids is 1. The Kier molecular flexibility index (Phi) is 9.34. The maximum Gasteiger partial charge on any atom is 0.352 e. The smallest absolute Gasteiger partial charge is 0.352 e. The van der Waals surface area contributed by atoms with Crippen molar-refractivity contribution in [3.8, 4) is 0 Å². The number of fused-ring (bicyclic) bond motifs is 1. The van der Waals surface area contributed by atoms with Gasteiger partial charge in [-0.25, -0.2) is 19.7 Å². The molecule has 39 heavy (non-hydrogen) atoms. The largest absolute Gasteiger partial charge is 0.477 e. The average Bonchev–Trinajstić information content (AvgIpc) is 3.22. The van der Waals surface area contributed by atoms with Crippen LogP contribution in [0.15, 0.2) is 44.2 Å². The van der Waals surface area contributed by atoms with Crippen molar-refractivity contribution in [3.05, 3.63) is 43.8 Å². The topological polar surface area (TPSA) is 233 Å². The first kappa shape index (κ1) is 29.1. The van der Waals surface area contributed by atoms with Gasteiger partial charge in [0, 0.05) is 24.1 Å². The van der Waals surface area contributed by atoms with Gasteiger partial charge in [0.15, 0.2) is 10.3 Å². The molecule has 1 saturated heterocycles. The number of carboxylic acid groups (broad SMARTS) is 1. The second kappa shape index (κ2) is 12.5. The number of β-lactam (4-membered cyclic amide) rings is 1. The van der Waals surface area contributed by atoms with Crippen molar-refractivity contribution in [2.45, 2.75) is 27.6 Å². The summed E-state index contributed by atoms with van der Waals surface area (Å²) in [6.45, 7) is 0.458. The molecule has 0 aliphatic carbocycles. The van der Waals surface area contributed by atoms with Gasteiger partial charge in [0.25, 0.3) is 11.8 Å². The molecule has 8 N–H and O–H groups in total. The van der Waals surface area contributed by atoms with Crippen LogP contribution in [0.1, 0.15) is 11.7 Å². The molecule has 206 valence electrons. The Labute approximate surface area is 242 Å². The highest BCUT2D eigenvalue weighted by Gasteiger charge is 2.54. The summed E-state index contributed by atoms with van der Waals surface area (Å²) in [5.41, 5.74) is 17.0. The molecule has 3 atom stereocenters. The van der Waals surface area contributed by atoms with Gasteiger partial charge in [-0.3, -0.25) is 14.5 Å². The number of carbonyl (C=O) groups is 3. The number of nitrogens with two attached hydrogens (primary N) is 3. The Hall–Kier alpha value is -2.90. The fraction of sp³-hybridized carbons (Fsp3) is 0.300. The Morgan fingerprint density at radius 2 is 2.13 bits per heavy atom. The zero-order chi connectivity index (χ0) is 28.3. The maximum atomic E-state index is 12.9. The van der Waals surface area contributed by atoms with Crippen LogP contribution in [0.2, 0.25) is 4.34 Å². The van der Waals surface area contributed by atoms with Crippen LogP contribution in [0.4, 0.5) is 10.9 Å². The van der Waals surface area contributed by atoms with Crippen LogP contribution in [0.5, 0.6) is 0 Å². The number of halogens is 1. The summed E-state index contributed by atoms with van der Waals surface area (Å²) in [6.07, 6.45) is 1.59. The van der Waals surface area contributed by atoms with Crippen LogP contribution in [0.3, 0.4) is 0 Å². The molecular formula is C20H20ClN9O5S4. The minimum Gasteiger partial charge on any atom is -0.477 e. The van der Waals surface area contributed by atoms with Crippen LogP contribution in [0.25, 0.3) is 0 Å². The van der Waals surface area contributed by atoms with E-state index in [1.54, 1.807) is 17.6 Å². The minimum absolute atomic E-state index is 0.0291. The molecule has 2 amide bonds. The summed E-state index contributed by atoms with van der Waals surface area (Å²) in [5.74, 6) is -1.68. The van der Waals surface area contributed by atoms with E-state index in [9.17, 15) is 24.4 Å². The zero-order valence-electron chi connectivity index (χ0n) is 19.6. The van der Waals surface area contributed by atoms with E-state index in [4.69, 9.17) is 28.8 Å². The number of nitrogens with one attached hydrogen (secondary N) is 1. The monoisotopic (exact) mass is 629 g/mol. The average molecular weight is 630 g/mol. The molecule has 14 nitrogen and oxygen atoms in total. The zero-order valence-corrected chi connectivity index (χ0v) is 23.7. The van der Waals surface area contributed by atoms with Gasteiger partial charge < -0.3 is 27.6 Å². The molecular weight excluding hydrogens is 610 g/mol. The normalized spacial score (nSPS) is 19.5. The van der Waals surface area contributed by atoms with E-state index in [-0.39, 0.29) is 32.4 Å². The third-order valence-corrected chi connectivity index (χ3v) is 9.27. The Balaban J connectivity index is 1.47. The number of hydrogen-bond donors (Lipinski definition) is 5. The van der Waals surface area contributed by atoms with Crippen molar-refractivity contribution in [2.24, 2.45) is 10.9 Å². The fourth-order valence-electron chi connectivity index (χ4n) is 3.61. The number of rotatable bonds is 11. The standard InChI is InChI=1S/C20H20ClN9O5S4/c21-14-10(28-19(24)39-14)11(29-35)15(31)27-12-16(32)30-13(18(33)34)7(6-38-17(12)30)1-3-36-9-5-8(23)25-20(26-9)37-4-2-22/h1,3,5,11-12,17H,2,4,6,22H2,(H2,24,28)(H,27,31)(H,33,34)(H2,23,25,26)/t11?,12-,17-/m1/s1. The van der Waals surface area contributed by atoms with Gasteiger partial charge in [-0.05, 0) is 22.2 Å². The van der Waals surface area contributed by atoms with E-state index in [0.29, 0.717) is 28.1 Å². The van der Waals surface area contributed by atoms with Crippen molar-refractivity contribution in [1.29, 1.82) is 0 Å². The molecule has 4 heterocycles. The van der Waals surface area contributed by atoms with E-state index in [2.05, 4.69) is 25.4 Å². The van der Waals surface area contributed by atoms with Crippen molar-refractivity contribution in [1.82, 2.24) is 25.2 Å². The fourth-order valence-corrected chi connectivity index (χ4v) is 7.29. The summed E-state index contributed by atoms with van der Waals surface area (Å²) in [6, 6.07) is -1.10. The first-order chi connectivity index (χ1) is 18.6. The second-order valence-corrected chi connectivity index (χ2v) is 12.5. The van der Waals surface area contributed by atoms with Crippen molar-refractivity contribution >= 4 is 87.0 Å². The molecule has 0 spiro atoms. The molecule has 2 aromatic rings. The van der Waals surface area contributed by atoms with E-state index in [1.165, 1.54) is 35.3 Å². The summed E-state index contributed by atoms with van der Waals surface area (Å²) in [4.78, 5) is 62.6. The number of hydrogen-bond acceptors (Lipinski definition) is 15. The number of thiazole rings is 1. The molecule has 0 saturated carbocycles. The second-order valence-electron chi connectivity index (χ2n) is 7.77. The number of nitroso groups, excluding NO2 is 1. The molecule has 2 aliphatic rings. The van der Waals surface area contributed by atoms with Crippen LogP contribution in [0, 0.1) is 4.91 Å². The highest BCUT2D eigenvalue weighted by Crippen LogP contribution is 2.41. The van der Waals surface area contributed by atoms with Crippen LogP contribution >= 0.6 is 58.2 Å². The number of nitrogen functional groups attached to an aromatic ring is 2. The number of thioether (sulfide) groups is 3. The first-order valence-electron chi connectivity index (χ1n) is 10.9. The molecule has 2 aliphatic heterocycles. The lowest BCUT2D eigenvalue weighted by atomic mass is 10.0. The van der Waals surface area contributed by atoms with Crippen LogP contribution < -0.4 is 22.5 Å². The van der Waals surface area contributed by atoms with Gasteiger partial charge in [0.05, 0.1) is 0 Å². The minimum atomic E-state index is -1.61. The number of anilines is 2. The molecule has 2 aromatic heterocycles. The number of carbonyl (C=O) groups excluding carboxylic acids is 2. The predicted octanol–water partition coefficient (Wildman–Crippen LogP) is 1.65. The van der Waals surface area contributed by atoms with Crippen molar-refractivity contribution in [3.63, 3.8) is 0 Å². The van der Waals surface area contributed by atoms with Gasteiger partial charge in [-0.2, -0.15) is 0 Å². The maximum absolute atomic E-state index is 12.9. The quantitative estimate of drug-likeness (QED) is 0.0782. The van der Waals surface area contributed by atoms with Gasteiger partial charge in [0.2, 0.25) is 6.04 Å². The van der Waals surface area contributed by atoms with E-state index >= 15 is 0 Å². The number of allylic oxidation sites excluding steroid dienone is 1. The summed E-state index contributed by atoms with van der Waals surface area (Å²) in [5, 5.41) is 17.1. The number of nitrogens with zero attached hydrogens (tertiary/aromatic N) is 5. The van der Waals surface area contributed by atoms with E-state index < -0.39 is 35.2 Å². The van der Waals surface area contributed by atoms with Gasteiger partial charge in [0.1, 0.15) is 38.0 Å². The molecule has 19 heteroatoms. The molecule has 1 unspecified atom stereocenters. The summed E-state index contributed by atoms with van der Waals surface area (Å²) >= 11 is 10.7. The SMILES string of the molecule is NCCSc1nc(N)cc(SC=CC2=C(C(=O)O)N3C(=O)[C@@H](NC(=O)C(N=O)c4nc(N)sc4Cl)[C@H]3SC2)n1. The van der Waals surface area contributed by atoms with Gasteiger partial charge in [-0.15, -0.1) is 16.7 Å². The van der Waals surface area contributed by atoms with Gasteiger partial charge in [-0.1, -0.05) is 46.5 Å². The highest BCUT2D eigenvalue weighted by atomic mass is 35.5. The van der Waals surface area contributed by atoms with E-state index in [1.807, 2.05) is 0 Å². The lowest BCUT2D eigenvalue weighted by Crippen LogP contribution is -2.70. The highest BCUT2D eigenvalue weighted by molar-refractivity contribution is 8.02. The Morgan fingerprint density at radius 1 is 1.36 bits per heavy atom. The number of aliphatic carboxylic acids is 1. The summed E-state index contributed by atoms with van der Waals surface area (Å²) in [7, 11) is 0. The Bertz CT molecular complexity index is 1390. The van der Waals surface area contributed by atoms with Crippen molar-refractivity contribution in [2.75, 3.05) is 29.5 Å². The Morgan fingerprint density at radius 3 is 2.77 bits per heavy atom. The lowest BCUT2D eigenvalue weighted by molar-refractivity contribution is -0.150. The molecule has 0 aromatic carbocycles. The number of aromatic nitrogens is 3. The predicted molar refractivity (Wildman–Crippen MR) is 151 cm³/mol. The van der Waals surface area contributed by atoms with Crippen LogP contribution in [-0.2, 0) is 14.4 Å². The molecule has 0 radical (unpaired) electrons. The van der Waals surface area contributed by atoms with Crippen LogP contribution in [-0.4, -0.2) is 72.2 Å².